The molecule has 0 aliphatic carbocycles. The van der Waals surface area contributed by atoms with E-state index in [2.05, 4.69) is 34.6 Å². The van der Waals surface area contributed by atoms with Gasteiger partial charge in [0.1, 0.15) is 0 Å². The summed E-state index contributed by atoms with van der Waals surface area (Å²) in [6.45, 7) is 3.53. The summed E-state index contributed by atoms with van der Waals surface area (Å²) >= 11 is 3.37. The predicted octanol–water partition coefficient (Wildman–Crippen LogP) is 2.93. The highest BCUT2D eigenvalue weighted by Gasteiger charge is 1.98. The largest absolute Gasteiger partial charge is 0.389 e. The quantitative estimate of drug-likeness (QED) is 0.803. The van der Waals surface area contributed by atoms with Gasteiger partial charge in [-0.1, -0.05) is 34.1 Å². The smallest absolute Gasteiger partial charge is 0.0721 e. The topological polar surface area (TPSA) is 20.2 Å². The average Bonchev–Trinajstić information content (AvgIpc) is 2.16. The highest BCUT2D eigenvalue weighted by molar-refractivity contribution is 9.10. The van der Waals surface area contributed by atoms with Gasteiger partial charge in [0.05, 0.1) is 6.10 Å². The first kappa shape index (κ1) is 10.5. The molecule has 70 valence electrons. The number of rotatable bonds is 4. The number of benzene rings is 1. The van der Waals surface area contributed by atoms with Gasteiger partial charge >= 0.3 is 0 Å². The van der Waals surface area contributed by atoms with Crippen LogP contribution in [0.15, 0.2) is 41.4 Å². The van der Waals surface area contributed by atoms with Crippen LogP contribution in [-0.4, -0.2) is 11.2 Å². The van der Waals surface area contributed by atoms with E-state index in [1.165, 1.54) is 5.56 Å². The van der Waals surface area contributed by atoms with Crippen molar-refractivity contribution in [3.05, 3.63) is 47.0 Å². The summed E-state index contributed by atoms with van der Waals surface area (Å²) in [6, 6.07) is 8.13. The van der Waals surface area contributed by atoms with Gasteiger partial charge in [-0.25, -0.2) is 0 Å². The van der Waals surface area contributed by atoms with Crippen molar-refractivity contribution >= 4 is 15.9 Å². The van der Waals surface area contributed by atoms with E-state index in [1.807, 2.05) is 12.1 Å². The SMILES string of the molecule is C=CC(O)CCc1ccc(Br)cc1. The molecule has 0 radical (unpaired) electrons. The van der Waals surface area contributed by atoms with Crippen molar-refractivity contribution in [3.63, 3.8) is 0 Å². The lowest BCUT2D eigenvalue weighted by atomic mass is 10.1. The zero-order valence-electron chi connectivity index (χ0n) is 7.41. The Morgan fingerprint density at radius 3 is 2.54 bits per heavy atom. The van der Waals surface area contributed by atoms with Crippen molar-refractivity contribution in [3.8, 4) is 0 Å². The fraction of sp³-hybridized carbons (Fsp3) is 0.273. The second-order valence-electron chi connectivity index (χ2n) is 2.97. The second kappa shape index (κ2) is 5.20. The molecule has 1 N–H and O–H groups in total. The lowest BCUT2D eigenvalue weighted by molar-refractivity contribution is 0.213. The Hall–Kier alpha value is -0.600. The molecule has 0 aliphatic rings. The van der Waals surface area contributed by atoms with Crippen molar-refractivity contribution in [2.75, 3.05) is 0 Å². The summed E-state index contributed by atoms with van der Waals surface area (Å²) in [4.78, 5) is 0. The first-order valence-electron chi connectivity index (χ1n) is 4.27. The fourth-order valence-corrected chi connectivity index (χ4v) is 1.35. The van der Waals surface area contributed by atoms with E-state index >= 15 is 0 Å². The molecule has 1 aromatic carbocycles. The van der Waals surface area contributed by atoms with E-state index in [-0.39, 0.29) is 6.10 Å². The zero-order valence-corrected chi connectivity index (χ0v) is 9.00. The van der Waals surface area contributed by atoms with Crippen molar-refractivity contribution in [2.45, 2.75) is 18.9 Å². The lowest BCUT2D eigenvalue weighted by Gasteiger charge is -2.04. The van der Waals surface area contributed by atoms with E-state index in [0.29, 0.717) is 0 Å². The molecule has 1 aromatic rings. The van der Waals surface area contributed by atoms with Gasteiger partial charge in [0.15, 0.2) is 0 Å². The number of aliphatic hydroxyl groups is 1. The number of hydrogen-bond donors (Lipinski definition) is 1. The third kappa shape index (κ3) is 3.75. The maximum Gasteiger partial charge on any atom is 0.0721 e. The Kier molecular flexibility index (Phi) is 4.19. The van der Waals surface area contributed by atoms with Crippen LogP contribution in [0.5, 0.6) is 0 Å². The van der Waals surface area contributed by atoms with Crippen LogP contribution < -0.4 is 0 Å². The van der Waals surface area contributed by atoms with E-state index < -0.39 is 0 Å². The van der Waals surface area contributed by atoms with Crippen molar-refractivity contribution in [1.29, 1.82) is 0 Å². The summed E-state index contributed by atoms with van der Waals surface area (Å²) in [6.07, 6.45) is 2.81. The summed E-state index contributed by atoms with van der Waals surface area (Å²) in [5.41, 5.74) is 1.24. The molecule has 0 aromatic heterocycles. The van der Waals surface area contributed by atoms with E-state index in [9.17, 15) is 5.11 Å². The molecule has 1 atom stereocenters. The van der Waals surface area contributed by atoms with Crippen LogP contribution in [0, 0.1) is 0 Å². The molecule has 13 heavy (non-hydrogen) atoms. The highest BCUT2D eigenvalue weighted by atomic mass is 79.9. The van der Waals surface area contributed by atoms with E-state index in [4.69, 9.17) is 0 Å². The Balaban J connectivity index is 2.45. The number of aliphatic hydroxyl groups excluding tert-OH is 1. The molecule has 1 nitrogen and oxygen atoms in total. The summed E-state index contributed by atoms with van der Waals surface area (Å²) < 4.78 is 1.08. The van der Waals surface area contributed by atoms with Gasteiger partial charge in [-0.05, 0) is 30.5 Å². The van der Waals surface area contributed by atoms with Gasteiger partial charge in [-0.15, -0.1) is 6.58 Å². The standard InChI is InChI=1S/C11H13BrO/c1-2-11(13)8-5-9-3-6-10(12)7-4-9/h2-4,6-7,11,13H,1,5,8H2. The number of aryl methyl sites for hydroxylation is 1. The molecule has 0 bridgehead atoms. The summed E-state index contributed by atoms with van der Waals surface area (Å²) in [7, 11) is 0. The Bertz CT molecular complexity index is 266. The molecule has 0 heterocycles. The fourth-order valence-electron chi connectivity index (χ4n) is 1.08. The van der Waals surface area contributed by atoms with Crippen molar-refractivity contribution < 1.29 is 5.11 Å². The molecular formula is C11H13BrO. The number of halogens is 1. The predicted molar refractivity (Wildman–Crippen MR) is 58.7 cm³/mol. The van der Waals surface area contributed by atoms with Gasteiger partial charge in [0.25, 0.3) is 0 Å². The minimum atomic E-state index is -0.386. The second-order valence-corrected chi connectivity index (χ2v) is 3.88. The van der Waals surface area contributed by atoms with Gasteiger partial charge in [0, 0.05) is 4.47 Å². The van der Waals surface area contributed by atoms with E-state index in [1.54, 1.807) is 6.08 Å². The van der Waals surface area contributed by atoms with Crippen LogP contribution in [0.4, 0.5) is 0 Å². The normalized spacial score (nSPS) is 12.5. The molecule has 1 rings (SSSR count). The third-order valence-electron chi connectivity index (χ3n) is 1.91. The Labute approximate surface area is 87.2 Å². The summed E-state index contributed by atoms with van der Waals surface area (Å²) in [5, 5.41) is 9.25. The monoisotopic (exact) mass is 240 g/mol. The molecule has 0 saturated heterocycles. The summed E-state index contributed by atoms with van der Waals surface area (Å²) in [5.74, 6) is 0. The van der Waals surface area contributed by atoms with Crippen LogP contribution in [0.1, 0.15) is 12.0 Å². The third-order valence-corrected chi connectivity index (χ3v) is 2.44. The van der Waals surface area contributed by atoms with Gasteiger partial charge < -0.3 is 5.11 Å². The molecular weight excluding hydrogens is 228 g/mol. The average molecular weight is 241 g/mol. The molecule has 0 amide bonds. The zero-order chi connectivity index (χ0) is 9.68. The maximum atomic E-state index is 9.25. The Morgan fingerprint density at radius 1 is 1.38 bits per heavy atom. The van der Waals surface area contributed by atoms with Crippen molar-refractivity contribution in [1.82, 2.24) is 0 Å². The maximum absolute atomic E-state index is 9.25. The van der Waals surface area contributed by atoms with Crippen LogP contribution in [-0.2, 0) is 6.42 Å². The van der Waals surface area contributed by atoms with Crippen LogP contribution in [0.25, 0.3) is 0 Å². The molecule has 0 aliphatic heterocycles. The molecule has 0 spiro atoms. The van der Waals surface area contributed by atoms with Crippen LogP contribution in [0.3, 0.4) is 0 Å². The first-order chi connectivity index (χ1) is 6.22. The van der Waals surface area contributed by atoms with E-state index in [0.717, 1.165) is 17.3 Å². The molecule has 2 heteroatoms. The minimum absolute atomic E-state index is 0.386. The van der Waals surface area contributed by atoms with Gasteiger partial charge in [-0.3, -0.25) is 0 Å². The van der Waals surface area contributed by atoms with Gasteiger partial charge in [0.2, 0.25) is 0 Å². The number of hydrogen-bond acceptors (Lipinski definition) is 1. The van der Waals surface area contributed by atoms with Gasteiger partial charge in [-0.2, -0.15) is 0 Å². The molecule has 0 fully saturated rings. The van der Waals surface area contributed by atoms with Crippen molar-refractivity contribution in [2.24, 2.45) is 0 Å². The Morgan fingerprint density at radius 2 is 2.00 bits per heavy atom. The first-order valence-corrected chi connectivity index (χ1v) is 5.06. The van der Waals surface area contributed by atoms with Crippen LogP contribution in [0.2, 0.25) is 0 Å². The highest BCUT2D eigenvalue weighted by Crippen LogP contribution is 2.12. The minimum Gasteiger partial charge on any atom is -0.389 e. The van der Waals surface area contributed by atoms with Crippen LogP contribution >= 0.6 is 15.9 Å². The lowest BCUT2D eigenvalue weighted by Crippen LogP contribution is -2.02. The molecule has 0 saturated carbocycles. The molecule has 1 unspecified atom stereocenters.